The van der Waals surface area contributed by atoms with Gasteiger partial charge in [0.2, 0.25) is 5.91 Å². The lowest BCUT2D eigenvalue weighted by atomic mass is 10.1. The van der Waals surface area contributed by atoms with Gasteiger partial charge in [0.25, 0.3) is 0 Å². The van der Waals surface area contributed by atoms with Crippen LogP contribution in [0.15, 0.2) is 36.4 Å². The number of aryl methyl sites for hydroxylation is 1. The van der Waals surface area contributed by atoms with Crippen LogP contribution < -0.4 is 18.9 Å². The second-order valence-electron chi connectivity index (χ2n) is 7.34. The van der Waals surface area contributed by atoms with Crippen LogP contribution in [0.2, 0.25) is 0 Å². The summed E-state index contributed by atoms with van der Waals surface area (Å²) < 4.78 is 45.3. The van der Waals surface area contributed by atoms with Gasteiger partial charge in [0.15, 0.2) is 11.5 Å². The lowest BCUT2D eigenvalue weighted by Gasteiger charge is -2.23. The number of halogens is 2. The summed E-state index contributed by atoms with van der Waals surface area (Å²) in [6.07, 6.45) is 2.82. The summed E-state index contributed by atoms with van der Waals surface area (Å²) in [5, 5.41) is 0. The number of hydrogen-bond donors (Lipinski definition) is 0. The SMILES string of the molecule is COc1cc(CCC(=O)N(Cc2ccc(OC(F)F)c(OC)c2)C2CC2)cc(OC)c1. The molecule has 6 nitrogen and oxygen atoms in total. The van der Waals surface area contributed by atoms with E-state index in [0.29, 0.717) is 30.9 Å². The Morgan fingerprint density at radius 2 is 1.65 bits per heavy atom. The highest BCUT2D eigenvalue weighted by molar-refractivity contribution is 5.77. The Kier molecular flexibility index (Phi) is 7.55. The Hall–Kier alpha value is -3.03. The van der Waals surface area contributed by atoms with E-state index in [-0.39, 0.29) is 23.4 Å². The zero-order valence-corrected chi connectivity index (χ0v) is 17.9. The Morgan fingerprint density at radius 1 is 0.968 bits per heavy atom. The van der Waals surface area contributed by atoms with Gasteiger partial charge in [-0.3, -0.25) is 4.79 Å². The zero-order valence-electron chi connectivity index (χ0n) is 17.9. The molecule has 0 N–H and O–H groups in total. The topological polar surface area (TPSA) is 57.2 Å². The van der Waals surface area contributed by atoms with Crippen LogP contribution in [0.5, 0.6) is 23.0 Å². The van der Waals surface area contributed by atoms with Gasteiger partial charge >= 0.3 is 6.61 Å². The van der Waals surface area contributed by atoms with Crippen molar-refractivity contribution >= 4 is 5.91 Å². The van der Waals surface area contributed by atoms with E-state index in [4.69, 9.17) is 14.2 Å². The first-order valence-corrected chi connectivity index (χ1v) is 10.1. The number of benzene rings is 2. The van der Waals surface area contributed by atoms with Gasteiger partial charge in [-0.1, -0.05) is 6.07 Å². The second kappa shape index (κ2) is 10.3. The maximum atomic E-state index is 13.0. The van der Waals surface area contributed by atoms with E-state index in [1.54, 1.807) is 32.4 Å². The molecule has 0 atom stereocenters. The highest BCUT2D eigenvalue weighted by atomic mass is 19.3. The molecule has 168 valence electrons. The molecule has 2 aromatic carbocycles. The molecule has 0 spiro atoms. The lowest BCUT2D eigenvalue weighted by Crippen LogP contribution is -2.32. The zero-order chi connectivity index (χ0) is 22.4. The number of nitrogens with zero attached hydrogens (tertiary/aromatic N) is 1. The van der Waals surface area contributed by atoms with Crippen LogP contribution in [0.1, 0.15) is 30.4 Å². The number of hydrogen-bond acceptors (Lipinski definition) is 5. The molecule has 0 saturated heterocycles. The minimum atomic E-state index is -2.93. The van der Waals surface area contributed by atoms with Crippen molar-refractivity contribution in [2.45, 2.75) is 44.9 Å². The smallest absolute Gasteiger partial charge is 0.387 e. The summed E-state index contributed by atoms with van der Waals surface area (Å²) in [5.41, 5.74) is 1.75. The first-order valence-electron chi connectivity index (χ1n) is 10.1. The average Bonchev–Trinajstić information content (AvgIpc) is 3.61. The summed E-state index contributed by atoms with van der Waals surface area (Å²) in [6, 6.07) is 10.5. The van der Waals surface area contributed by atoms with Crippen molar-refractivity contribution in [2.75, 3.05) is 21.3 Å². The van der Waals surface area contributed by atoms with E-state index in [9.17, 15) is 13.6 Å². The molecule has 0 unspecified atom stereocenters. The van der Waals surface area contributed by atoms with Crippen molar-refractivity contribution in [3.63, 3.8) is 0 Å². The summed E-state index contributed by atoms with van der Waals surface area (Å²) >= 11 is 0. The monoisotopic (exact) mass is 435 g/mol. The third-order valence-electron chi connectivity index (χ3n) is 5.14. The molecule has 1 aliphatic rings. The molecule has 2 aromatic rings. The molecular weight excluding hydrogens is 408 g/mol. The highest BCUT2D eigenvalue weighted by Crippen LogP contribution is 2.33. The molecular formula is C23H27F2NO5. The van der Waals surface area contributed by atoms with Crippen LogP contribution in [0.4, 0.5) is 8.78 Å². The fraction of sp³-hybridized carbons (Fsp3) is 0.435. The van der Waals surface area contributed by atoms with Crippen LogP contribution in [-0.4, -0.2) is 44.8 Å². The molecule has 0 bridgehead atoms. The molecule has 1 aliphatic carbocycles. The molecule has 1 fully saturated rings. The fourth-order valence-electron chi connectivity index (χ4n) is 3.41. The predicted molar refractivity (Wildman–Crippen MR) is 111 cm³/mol. The van der Waals surface area contributed by atoms with Crippen LogP contribution >= 0.6 is 0 Å². The number of carbonyl (C=O) groups is 1. The van der Waals surface area contributed by atoms with Crippen molar-refractivity contribution in [1.82, 2.24) is 4.90 Å². The van der Waals surface area contributed by atoms with Crippen LogP contribution in [0, 0.1) is 0 Å². The maximum Gasteiger partial charge on any atom is 0.387 e. The van der Waals surface area contributed by atoms with E-state index in [0.717, 1.165) is 24.0 Å². The average molecular weight is 435 g/mol. The van der Waals surface area contributed by atoms with Crippen LogP contribution in [-0.2, 0) is 17.8 Å². The molecule has 1 amide bonds. The Labute approximate surface area is 180 Å². The summed E-state index contributed by atoms with van der Waals surface area (Å²) in [4.78, 5) is 14.8. The fourth-order valence-corrected chi connectivity index (χ4v) is 3.41. The highest BCUT2D eigenvalue weighted by Gasteiger charge is 2.32. The number of alkyl halides is 2. The Morgan fingerprint density at radius 3 is 2.19 bits per heavy atom. The molecule has 8 heteroatoms. The van der Waals surface area contributed by atoms with Gasteiger partial charge in [0, 0.05) is 25.1 Å². The van der Waals surface area contributed by atoms with E-state index < -0.39 is 6.61 Å². The first-order chi connectivity index (χ1) is 14.9. The van der Waals surface area contributed by atoms with Gasteiger partial charge in [-0.05, 0) is 54.7 Å². The van der Waals surface area contributed by atoms with Crippen molar-refractivity contribution in [1.29, 1.82) is 0 Å². The summed E-state index contributed by atoms with van der Waals surface area (Å²) in [6.45, 7) is -2.55. The summed E-state index contributed by atoms with van der Waals surface area (Å²) in [7, 11) is 4.57. The second-order valence-corrected chi connectivity index (χ2v) is 7.34. The van der Waals surface area contributed by atoms with Gasteiger partial charge < -0.3 is 23.8 Å². The number of methoxy groups -OCH3 is 3. The maximum absolute atomic E-state index is 13.0. The number of ether oxygens (including phenoxy) is 4. The Balaban J connectivity index is 1.68. The van der Waals surface area contributed by atoms with Crippen molar-refractivity contribution in [2.24, 2.45) is 0 Å². The number of rotatable bonds is 11. The molecule has 0 aromatic heterocycles. The largest absolute Gasteiger partial charge is 0.497 e. The van der Waals surface area contributed by atoms with Crippen molar-refractivity contribution < 1.29 is 32.5 Å². The van der Waals surface area contributed by atoms with Gasteiger partial charge in [-0.25, -0.2) is 0 Å². The van der Waals surface area contributed by atoms with Gasteiger partial charge in [-0.2, -0.15) is 8.78 Å². The third kappa shape index (κ3) is 6.23. The van der Waals surface area contributed by atoms with Crippen molar-refractivity contribution in [3.05, 3.63) is 47.5 Å². The van der Waals surface area contributed by atoms with Crippen molar-refractivity contribution in [3.8, 4) is 23.0 Å². The molecule has 0 radical (unpaired) electrons. The molecule has 1 saturated carbocycles. The van der Waals surface area contributed by atoms with Gasteiger partial charge in [0.05, 0.1) is 21.3 Å². The third-order valence-corrected chi connectivity index (χ3v) is 5.14. The van der Waals surface area contributed by atoms with Crippen LogP contribution in [0.3, 0.4) is 0 Å². The van der Waals surface area contributed by atoms with E-state index >= 15 is 0 Å². The quantitative estimate of drug-likeness (QED) is 0.522. The molecule has 0 heterocycles. The Bertz CT molecular complexity index is 879. The van der Waals surface area contributed by atoms with Gasteiger partial charge in [-0.15, -0.1) is 0 Å². The standard InChI is InChI=1S/C23H27F2NO5/c1-28-18-10-15(11-19(13-18)29-2)5-9-22(27)26(17-6-7-17)14-16-4-8-20(31-23(24)25)21(12-16)30-3/h4,8,10-13,17,23H,5-7,9,14H2,1-3H3. The minimum absolute atomic E-state index is 0.0301. The molecule has 3 rings (SSSR count). The van der Waals surface area contributed by atoms with E-state index in [1.807, 2.05) is 17.0 Å². The molecule has 0 aliphatic heterocycles. The number of carbonyl (C=O) groups excluding carboxylic acids is 1. The summed E-state index contributed by atoms with van der Waals surface area (Å²) in [5.74, 6) is 1.58. The minimum Gasteiger partial charge on any atom is -0.497 e. The predicted octanol–water partition coefficient (Wildman–Crippen LogP) is 4.44. The van der Waals surface area contributed by atoms with Gasteiger partial charge in [0.1, 0.15) is 11.5 Å². The van der Waals surface area contributed by atoms with E-state index in [2.05, 4.69) is 4.74 Å². The van der Waals surface area contributed by atoms with E-state index in [1.165, 1.54) is 13.2 Å². The first kappa shape index (κ1) is 22.7. The number of amides is 1. The lowest BCUT2D eigenvalue weighted by molar-refractivity contribution is -0.132. The van der Waals surface area contributed by atoms with Crippen LogP contribution in [0.25, 0.3) is 0 Å². The molecule has 31 heavy (non-hydrogen) atoms. The normalized spacial score (nSPS) is 13.1.